The van der Waals surface area contributed by atoms with Gasteiger partial charge in [0.1, 0.15) is 11.6 Å². The SMILES string of the molecule is O=C(NCC1CCN(Cc2ccccc2)CC1)C(=O)Nc1ccc(F)cc1F. The van der Waals surface area contributed by atoms with Gasteiger partial charge in [0.2, 0.25) is 0 Å². The second-order valence-corrected chi connectivity index (χ2v) is 6.99. The summed E-state index contributed by atoms with van der Waals surface area (Å²) in [7, 11) is 0. The Morgan fingerprint density at radius 1 is 1.00 bits per heavy atom. The van der Waals surface area contributed by atoms with Crippen molar-refractivity contribution in [2.45, 2.75) is 19.4 Å². The maximum Gasteiger partial charge on any atom is 0.313 e. The molecule has 2 aromatic rings. The third-order valence-corrected chi connectivity index (χ3v) is 4.89. The van der Waals surface area contributed by atoms with Crippen LogP contribution in [-0.2, 0) is 16.1 Å². The summed E-state index contributed by atoms with van der Waals surface area (Å²) < 4.78 is 26.4. The molecule has 0 spiro atoms. The molecule has 148 valence electrons. The number of carbonyl (C=O) groups is 2. The van der Waals surface area contributed by atoms with Gasteiger partial charge in [-0.25, -0.2) is 8.78 Å². The van der Waals surface area contributed by atoms with Crippen molar-refractivity contribution in [2.75, 3.05) is 25.0 Å². The maximum absolute atomic E-state index is 13.6. The predicted molar refractivity (Wildman–Crippen MR) is 102 cm³/mol. The van der Waals surface area contributed by atoms with Gasteiger partial charge in [0, 0.05) is 19.2 Å². The summed E-state index contributed by atoms with van der Waals surface area (Å²) in [6.45, 7) is 3.17. The van der Waals surface area contributed by atoms with Crippen molar-refractivity contribution in [3.8, 4) is 0 Å². The van der Waals surface area contributed by atoms with Crippen LogP contribution >= 0.6 is 0 Å². The summed E-state index contributed by atoms with van der Waals surface area (Å²) in [4.78, 5) is 26.2. The molecule has 2 amide bonds. The Hall–Kier alpha value is -2.80. The predicted octanol–water partition coefficient (Wildman–Crippen LogP) is 2.93. The monoisotopic (exact) mass is 387 g/mol. The normalized spacial score (nSPS) is 15.2. The number of hydrogen-bond donors (Lipinski definition) is 2. The third-order valence-electron chi connectivity index (χ3n) is 4.89. The summed E-state index contributed by atoms with van der Waals surface area (Å²) in [6.07, 6.45) is 1.86. The van der Waals surface area contributed by atoms with Gasteiger partial charge in [0.15, 0.2) is 0 Å². The average molecular weight is 387 g/mol. The molecule has 0 saturated carbocycles. The number of rotatable bonds is 5. The molecule has 1 fully saturated rings. The minimum absolute atomic E-state index is 0.226. The lowest BCUT2D eigenvalue weighted by Crippen LogP contribution is -2.41. The van der Waals surface area contributed by atoms with E-state index in [2.05, 4.69) is 27.7 Å². The fourth-order valence-corrected chi connectivity index (χ4v) is 3.28. The standard InChI is InChI=1S/C21H23F2N3O2/c22-17-6-7-19(18(23)12-17)25-21(28)20(27)24-13-15-8-10-26(11-9-15)14-16-4-2-1-3-5-16/h1-7,12,15H,8-11,13-14H2,(H,24,27)(H,25,28). The smallest absolute Gasteiger partial charge is 0.313 e. The van der Waals surface area contributed by atoms with E-state index in [9.17, 15) is 18.4 Å². The van der Waals surface area contributed by atoms with Gasteiger partial charge in [-0.15, -0.1) is 0 Å². The second kappa shape index (κ2) is 9.41. The molecule has 0 aromatic heterocycles. The molecule has 1 heterocycles. The van der Waals surface area contributed by atoms with Crippen molar-refractivity contribution >= 4 is 17.5 Å². The van der Waals surface area contributed by atoms with Gasteiger partial charge in [-0.05, 0) is 49.5 Å². The molecule has 5 nitrogen and oxygen atoms in total. The first-order valence-electron chi connectivity index (χ1n) is 9.32. The van der Waals surface area contributed by atoms with E-state index in [-0.39, 0.29) is 5.69 Å². The largest absolute Gasteiger partial charge is 0.348 e. The van der Waals surface area contributed by atoms with E-state index in [1.165, 1.54) is 5.56 Å². The number of piperidine rings is 1. The Bertz CT molecular complexity index is 822. The fraction of sp³-hybridized carbons (Fsp3) is 0.333. The molecule has 7 heteroatoms. The van der Waals surface area contributed by atoms with Crippen molar-refractivity contribution in [3.05, 3.63) is 65.7 Å². The van der Waals surface area contributed by atoms with Crippen LogP contribution in [0.15, 0.2) is 48.5 Å². The zero-order valence-electron chi connectivity index (χ0n) is 15.5. The molecule has 0 atom stereocenters. The zero-order valence-corrected chi connectivity index (χ0v) is 15.5. The Balaban J connectivity index is 1.39. The molecular formula is C21H23F2N3O2. The van der Waals surface area contributed by atoms with Crippen molar-refractivity contribution in [1.29, 1.82) is 0 Å². The summed E-state index contributed by atoms with van der Waals surface area (Å²) in [5, 5.41) is 4.76. The number of anilines is 1. The highest BCUT2D eigenvalue weighted by atomic mass is 19.1. The lowest BCUT2D eigenvalue weighted by molar-refractivity contribution is -0.136. The van der Waals surface area contributed by atoms with Crippen molar-refractivity contribution in [1.82, 2.24) is 10.2 Å². The molecule has 0 bridgehead atoms. The molecule has 0 unspecified atom stereocenters. The number of hydrogen-bond acceptors (Lipinski definition) is 3. The average Bonchev–Trinajstić information content (AvgIpc) is 2.70. The molecule has 1 aliphatic heterocycles. The zero-order chi connectivity index (χ0) is 19.9. The lowest BCUT2D eigenvalue weighted by Gasteiger charge is -2.32. The quantitative estimate of drug-likeness (QED) is 0.776. The number of carbonyl (C=O) groups excluding carboxylic acids is 2. The summed E-state index contributed by atoms with van der Waals surface area (Å²) in [6, 6.07) is 13.0. The topological polar surface area (TPSA) is 61.4 Å². The van der Waals surface area contributed by atoms with Crippen LogP contribution in [-0.4, -0.2) is 36.3 Å². The number of halogens is 2. The van der Waals surface area contributed by atoms with E-state index in [4.69, 9.17) is 0 Å². The van der Waals surface area contributed by atoms with Crippen molar-refractivity contribution in [3.63, 3.8) is 0 Å². The molecular weight excluding hydrogens is 364 g/mol. The van der Waals surface area contributed by atoms with Gasteiger partial charge in [-0.2, -0.15) is 0 Å². The van der Waals surface area contributed by atoms with Gasteiger partial charge >= 0.3 is 11.8 Å². The minimum Gasteiger partial charge on any atom is -0.348 e. The van der Waals surface area contributed by atoms with Crippen LogP contribution < -0.4 is 10.6 Å². The first-order chi connectivity index (χ1) is 13.5. The van der Waals surface area contributed by atoms with E-state index in [0.717, 1.165) is 44.6 Å². The van der Waals surface area contributed by atoms with Crippen LogP contribution in [0.1, 0.15) is 18.4 Å². The van der Waals surface area contributed by atoms with Crippen LogP contribution in [0.2, 0.25) is 0 Å². The minimum atomic E-state index is -0.966. The van der Waals surface area contributed by atoms with E-state index in [0.29, 0.717) is 18.5 Å². The maximum atomic E-state index is 13.6. The third kappa shape index (κ3) is 5.60. The van der Waals surface area contributed by atoms with E-state index >= 15 is 0 Å². The Morgan fingerprint density at radius 2 is 1.71 bits per heavy atom. The van der Waals surface area contributed by atoms with E-state index < -0.39 is 23.4 Å². The van der Waals surface area contributed by atoms with Crippen molar-refractivity contribution in [2.24, 2.45) is 5.92 Å². The highest BCUT2D eigenvalue weighted by Crippen LogP contribution is 2.18. The van der Waals surface area contributed by atoms with Crippen LogP contribution in [0.3, 0.4) is 0 Å². The highest BCUT2D eigenvalue weighted by molar-refractivity contribution is 6.39. The van der Waals surface area contributed by atoms with Gasteiger partial charge in [0.05, 0.1) is 5.69 Å². The molecule has 28 heavy (non-hydrogen) atoms. The van der Waals surface area contributed by atoms with Crippen LogP contribution in [0, 0.1) is 17.6 Å². The molecule has 0 radical (unpaired) electrons. The van der Waals surface area contributed by atoms with Crippen molar-refractivity contribution < 1.29 is 18.4 Å². The number of nitrogens with zero attached hydrogens (tertiary/aromatic N) is 1. The van der Waals surface area contributed by atoms with E-state index in [1.807, 2.05) is 18.2 Å². The Labute approximate surface area is 162 Å². The van der Waals surface area contributed by atoms with Crippen LogP contribution in [0.4, 0.5) is 14.5 Å². The number of likely N-dealkylation sites (tertiary alicyclic amines) is 1. The molecule has 2 aromatic carbocycles. The lowest BCUT2D eigenvalue weighted by atomic mass is 9.96. The highest BCUT2D eigenvalue weighted by Gasteiger charge is 2.22. The number of amides is 2. The Kier molecular flexibility index (Phi) is 6.71. The van der Waals surface area contributed by atoms with Gasteiger partial charge < -0.3 is 10.6 Å². The second-order valence-electron chi connectivity index (χ2n) is 6.99. The summed E-state index contributed by atoms with van der Waals surface area (Å²) in [5.41, 5.74) is 1.05. The molecule has 3 rings (SSSR count). The molecule has 1 aliphatic rings. The van der Waals surface area contributed by atoms with Crippen LogP contribution in [0.5, 0.6) is 0 Å². The first-order valence-corrected chi connectivity index (χ1v) is 9.32. The molecule has 0 aliphatic carbocycles. The first kappa shape index (κ1) is 19.9. The fourth-order valence-electron chi connectivity index (χ4n) is 3.28. The summed E-state index contributed by atoms with van der Waals surface area (Å²) >= 11 is 0. The molecule has 2 N–H and O–H groups in total. The summed E-state index contributed by atoms with van der Waals surface area (Å²) in [5.74, 6) is -3.17. The van der Waals surface area contributed by atoms with E-state index in [1.54, 1.807) is 0 Å². The van der Waals surface area contributed by atoms with Crippen LogP contribution in [0.25, 0.3) is 0 Å². The Morgan fingerprint density at radius 3 is 2.39 bits per heavy atom. The van der Waals surface area contributed by atoms with Gasteiger partial charge in [0.25, 0.3) is 0 Å². The number of benzene rings is 2. The van der Waals surface area contributed by atoms with Gasteiger partial charge in [-0.1, -0.05) is 30.3 Å². The number of nitrogens with one attached hydrogen (secondary N) is 2. The van der Waals surface area contributed by atoms with Gasteiger partial charge in [-0.3, -0.25) is 14.5 Å². The molecule has 1 saturated heterocycles.